The van der Waals surface area contributed by atoms with Gasteiger partial charge in [0.25, 0.3) is 0 Å². The zero-order chi connectivity index (χ0) is 13.4. The SMILES string of the molecule is CCN(CC)CC(C)NC(C)CCc1ccco1. The predicted octanol–water partition coefficient (Wildman–Crippen LogP) is 2.92. The van der Waals surface area contributed by atoms with Crippen LogP contribution in [-0.4, -0.2) is 36.6 Å². The molecule has 18 heavy (non-hydrogen) atoms. The van der Waals surface area contributed by atoms with E-state index in [0.717, 1.165) is 38.2 Å². The van der Waals surface area contributed by atoms with Gasteiger partial charge < -0.3 is 14.6 Å². The molecule has 0 aromatic carbocycles. The summed E-state index contributed by atoms with van der Waals surface area (Å²) in [5.41, 5.74) is 0. The lowest BCUT2D eigenvalue weighted by molar-refractivity contribution is 0.261. The molecule has 3 nitrogen and oxygen atoms in total. The van der Waals surface area contributed by atoms with E-state index in [4.69, 9.17) is 4.42 Å². The van der Waals surface area contributed by atoms with Crippen molar-refractivity contribution in [2.45, 2.75) is 52.6 Å². The lowest BCUT2D eigenvalue weighted by Gasteiger charge is -2.26. The second kappa shape index (κ2) is 8.33. The van der Waals surface area contributed by atoms with Gasteiger partial charge >= 0.3 is 0 Å². The van der Waals surface area contributed by atoms with E-state index >= 15 is 0 Å². The third-order valence-corrected chi connectivity index (χ3v) is 3.40. The van der Waals surface area contributed by atoms with Gasteiger partial charge in [-0.15, -0.1) is 0 Å². The molecule has 1 rings (SSSR count). The average Bonchev–Trinajstić information content (AvgIpc) is 2.86. The van der Waals surface area contributed by atoms with Crippen molar-refractivity contribution >= 4 is 0 Å². The first-order valence-corrected chi connectivity index (χ1v) is 7.16. The van der Waals surface area contributed by atoms with Crippen LogP contribution in [-0.2, 0) is 6.42 Å². The Balaban J connectivity index is 2.20. The summed E-state index contributed by atoms with van der Waals surface area (Å²) in [6.45, 7) is 12.3. The minimum Gasteiger partial charge on any atom is -0.469 e. The molecule has 1 aromatic heterocycles. The smallest absolute Gasteiger partial charge is 0.103 e. The van der Waals surface area contributed by atoms with Crippen LogP contribution in [0.25, 0.3) is 0 Å². The van der Waals surface area contributed by atoms with Crippen LogP contribution in [0.15, 0.2) is 22.8 Å². The Morgan fingerprint density at radius 1 is 1.22 bits per heavy atom. The highest BCUT2D eigenvalue weighted by Gasteiger charge is 2.10. The number of aryl methyl sites for hydroxylation is 1. The summed E-state index contributed by atoms with van der Waals surface area (Å²) in [5, 5.41) is 3.66. The predicted molar refractivity (Wildman–Crippen MR) is 76.9 cm³/mol. The van der Waals surface area contributed by atoms with Crippen molar-refractivity contribution in [3.05, 3.63) is 24.2 Å². The van der Waals surface area contributed by atoms with Crippen LogP contribution in [0.5, 0.6) is 0 Å². The van der Waals surface area contributed by atoms with Crippen molar-refractivity contribution in [3.8, 4) is 0 Å². The van der Waals surface area contributed by atoms with Gasteiger partial charge in [-0.3, -0.25) is 0 Å². The quantitative estimate of drug-likeness (QED) is 0.732. The van der Waals surface area contributed by atoms with Crippen LogP contribution in [0.2, 0.25) is 0 Å². The van der Waals surface area contributed by atoms with E-state index in [1.54, 1.807) is 6.26 Å². The Kier molecular flexibility index (Phi) is 7.06. The standard InChI is InChI=1S/C15H28N2O/c1-5-17(6-2)12-14(4)16-13(3)9-10-15-8-7-11-18-15/h7-8,11,13-14,16H,5-6,9-10,12H2,1-4H3. The fourth-order valence-corrected chi connectivity index (χ4v) is 2.30. The Labute approximate surface area is 112 Å². The average molecular weight is 252 g/mol. The molecule has 0 saturated carbocycles. The zero-order valence-corrected chi connectivity index (χ0v) is 12.3. The number of hydrogen-bond donors (Lipinski definition) is 1. The van der Waals surface area contributed by atoms with Crippen LogP contribution in [0.4, 0.5) is 0 Å². The molecular weight excluding hydrogens is 224 g/mol. The van der Waals surface area contributed by atoms with Crippen molar-refractivity contribution in [2.24, 2.45) is 0 Å². The number of nitrogens with zero attached hydrogens (tertiary/aromatic N) is 1. The van der Waals surface area contributed by atoms with Gasteiger partial charge in [-0.25, -0.2) is 0 Å². The molecule has 1 heterocycles. The largest absolute Gasteiger partial charge is 0.469 e. The summed E-state index contributed by atoms with van der Waals surface area (Å²) in [7, 11) is 0. The fraction of sp³-hybridized carbons (Fsp3) is 0.733. The summed E-state index contributed by atoms with van der Waals surface area (Å²) >= 11 is 0. The lowest BCUT2D eigenvalue weighted by Crippen LogP contribution is -2.43. The van der Waals surface area contributed by atoms with E-state index in [-0.39, 0.29) is 0 Å². The molecule has 0 saturated heterocycles. The maximum atomic E-state index is 5.35. The monoisotopic (exact) mass is 252 g/mol. The Morgan fingerprint density at radius 2 is 1.94 bits per heavy atom. The third kappa shape index (κ3) is 5.69. The number of rotatable bonds is 9. The van der Waals surface area contributed by atoms with Crippen molar-refractivity contribution in [3.63, 3.8) is 0 Å². The van der Waals surface area contributed by atoms with Crippen LogP contribution in [0.3, 0.4) is 0 Å². The fourth-order valence-electron chi connectivity index (χ4n) is 2.30. The first-order valence-electron chi connectivity index (χ1n) is 7.16. The topological polar surface area (TPSA) is 28.4 Å². The molecule has 2 atom stereocenters. The molecular formula is C15H28N2O. The number of nitrogens with one attached hydrogen (secondary N) is 1. The van der Waals surface area contributed by atoms with Gasteiger partial charge in [0, 0.05) is 25.0 Å². The maximum Gasteiger partial charge on any atom is 0.103 e. The summed E-state index contributed by atoms with van der Waals surface area (Å²) in [6.07, 6.45) is 3.88. The first kappa shape index (κ1) is 15.3. The molecule has 1 aromatic rings. The molecule has 0 spiro atoms. The van der Waals surface area contributed by atoms with E-state index < -0.39 is 0 Å². The van der Waals surface area contributed by atoms with Crippen molar-refractivity contribution in [2.75, 3.05) is 19.6 Å². The molecule has 0 aliphatic carbocycles. The molecule has 0 fully saturated rings. The summed E-state index contributed by atoms with van der Waals surface area (Å²) in [5.74, 6) is 1.08. The van der Waals surface area contributed by atoms with Crippen LogP contribution in [0, 0.1) is 0 Å². The van der Waals surface area contributed by atoms with Gasteiger partial charge in [0.1, 0.15) is 5.76 Å². The van der Waals surface area contributed by atoms with E-state index in [9.17, 15) is 0 Å². The summed E-state index contributed by atoms with van der Waals surface area (Å²) < 4.78 is 5.35. The number of hydrogen-bond acceptors (Lipinski definition) is 3. The normalized spacial score (nSPS) is 14.9. The summed E-state index contributed by atoms with van der Waals surface area (Å²) in [4.78, 5) is 2.46. The maximum absolute atomic E-state index is 5.35. The van der Waals surface area contributed by atoms with Gasteiger partial charge in [0.2, 0.25) is 0 Å². The minimum absolute atomic E-state index is 0.528. The second-order valence-corrected chi connectivity index (χ2v) is 5.07. The second-order valence-electron chi connectivity index (χ2n) is 5.07. The van der Waals surface area contributed by atoms with Gasteiger partial charge in [0.15, 0.2) is 0 Å². The van der Waals surface area contributed by atoms with Gasteiger partial charge in [-0.05, 0) is 45.5 Å². The highest BCUT2D eigenvalue weighted by Crippen LogP contribution is 2.06. The molecule has 0 aliphatic heterocycles. The van der Waals surface area contributed by atoms with Crippen molar-refractivity contribution in [1.29, 1.82) is 0 Å². The third-order valence-electron chi connectivity index (χ3n) is 3.40. The van der Waals surface area contributed by atoms with E-state index in [0.29, 0.717) is 12.1 Å². The Hall–Kier alpha value is -0.800. The van der Waals surface area contributed by atoms with Gasteiger partial charge in [-0.2, -0.15) is 0 Å². The lowest BCUT2D eigenvalue weighted by atomic mass is 10.1. The number of furan rings is 1. The van der Waals surface area contributed by atoms with Gasteiger partial charge in [0.05, 0.1) is 6.26 Å². The van der Waals surface area contributed by atoms with Crippen LogP contribution < -0.4 is 5.32 Å². The number of likely N-dealkylation sites (N-methyl/N-ethyl adjacent to an activating group) is 1. The Morgan fingerprint density at radius 3 is 2.50 bits per heavy atom. The zero-order valence-electron chi connectivity index (χ0n) is 12.3. The highest BCUT2D eigenvalue weighted by molar-refractivity contribution is 4.98. The highest BCUT2D eigenvalue weighted by atomic mass is 16.3. The van der Waals surface area contributed by atoms with E-state index in [1.807, 2.05) is 12.1 Å². The minimum atomic E-state index is 0.528. The van der Waals surface area contributed by atoms with Crippen LogP contribution in [0.1, 0.15) is 39.9 Å². The van der Waals surface area contributed by atoms with E-state index in [2.05, 4.69) is 37.9 Å². The molecule has 2 unspecified atom stereocenters. The van der Waals surface area contributed by atoms with Crippen molar-refractivity contribution in [1.82, 2.24) is 10.2 Å². The Bertz CT molecular complexity index is 293. The van der Waals surface area contributed by atoms with Crippen molar-refractivity contribution < 1.29 is 4.42 Å². The van der Waals surface area contributed by atoms with Crippen LogP contribution >= 0.6 is 0 Å². The molecule has 0 bridgehead atoms. The summed E-state index contributed by atoms with van der Waals surface area (Å²) in [6, 6.07) is 5.07. The van der Waals surface area contributed by atoms with E-state index in [1.165, 1.54) is 0 Å². The first-order chi connectivity index (χ1) is 8.65. The molecule has 3 heteroatoms. The molecule has 0 amide bonds. The molecule has 1 N–H and O–H groups in total. The molecule has 0 radical (unpaired) electrons. The van der Waals surface area contributed by atoms with Gasteiger partial charge in [-0.1, -0.05) is 13.8 Å². The molecule has 104 valence electrons. The molecule has 0 aliphatic rings.